The highest BCUT2D eigenvalue weighted by Gasteiger charge is 2.51. The lowest BCUT2D eigenvalue weighted by molar-refractivity contribution is -0.130. The number of likely N-dealkylation sites (tertiary alicyclic amines) is 1. The van der Waals surface area contributed by atoms with E-state index in [1.807, 2.05) is 12.3 Å². The second-order valence-electron chi connectivity index (χ2n) is 9.60. The molecule has 9 nitrogen and oxygen atoms in total. The third-order valence-electron chi connectivity index (χ3n) is 7.33. The summed E-state index contributed by atoms with van der Waals surface area (Å²) in [5.74, 6) is 0.957. The van der Waals surface area contributed by atoms with Gasteiger partial charge < -0.3 is 19.7 Å². The Morgan fingerprint density at radius 1 is 1.16 bits per heavy atom. The van der Waals surface area contributed by atoms with Crippen molar-refractivity contribution >= 4 is 21.6 Å². The molecule has 4 aliphatic heterocycles. The minimum Gasteiger partial charge on any atom is -0.381 e. The van der Waals surface area contributed by atoms with Crippen LogP contribution in [0.4, 0.5) is 5.82 Å². The smallest absolute Gasteiger partial charge is 0.225 e. The van der Waals surface area contributed by atoms with Crippen LogP contribution in [0.5, 0.6) is 0 Å². The zero-order chi connectivity index (χ0) is 22.2. The first kappa shape index (κ1) is 22.1. The van der Waals surface area contributed by atoms with Gasteiger partial charge in [-0.2, -0.15) is 0 Å². The molecule has 10 heteroatoms. The van der Waals surface area contributed by atoms with Crippen molar-refractivity contribution in [3.63, 3.8) is 0 Å². The Labute approximate surface area is 189 Å². The molecule has 0 aliphatic carbocycles. The highest BCUT2D eigenvalue weighted by atomic mass is 32.2. The van der Waals surface area contributed by atoms with E-state index in [1.54, 1.807) is 0 Å². The molecule has 176 valence electrons. The highest BCUT2D eigenvalue weighted by Crippen LogP contribution is 2.45. The number of hydrogen-bond donors (Lipinski definition) is 1. The number of rotatable bonds is 5. The number of hydrogen-bond acceptors (Lipinski definition) is 8. The predicted octanol–water partition coefficient (Wildman–Crippen LogP) is 0.0600. The quantitative estimate of drug-likeness (QED) is 0.653. The van der Waals surface area contributed by atoms with E-state index in [-0.39, 0.29) is 34.8 Å². The van der Waals surface area contributed by atoms with Crippen molar-refractivity contribution in [2.24, 2.45) is 11.3 Å². The van der Waals surface area contributed by atoms with Gasteiger partial charge in [0.1, 0.15) is 5.82 Å². The van der Waals surface area contributed by atoms with Gasteiger partial charge in [0.25, 0.3) is 0 Å². The summed E-state index contributed by atoms with van der Waals surface area (Å²) in [6, 6.07) is 3.96. The van der Waals surface area contributed by atoms with E-state index < -0.39 is 9.84 Å². The molecule has 4 saturated heterocycles. The van der Waals surface area contributed by atoms with Gasteiger partial charge in [0.15, 0.2) is 9.84 Å². The number of nitrogens with zero attached hydrogens (tertiary/aromatic N) is 3. The van der Waals surface area contributed by atoms with Crippen molar-refractivity contribution in [1.29, 1.82) is 0 Å². The number of carbonyl (C=O) groups excluding carboxylic acids is 1. The number of ether oxygens (including phenoxy) is 2. The van der Waals surface area contributed by atoms with Gasteiger partial charge in [-0.3, -0.25) is 9.69 Å². The Hall–Kier alpha value is -1.75. The Bertz CT molecular complexity index is 931. The molecule has 4 aliphatic rings. The number of carbonyl (C=O) groups is 1. The molecule has 1 amide bonds. The third kappa shape index (κ3) is 4.64. The number of amides is 1. The number of pyridine rings is 1. The summed E-state index contributed by atoms with van der Waals surface area (Å²) in [6.07, 6.45) is 3.58. The largest absolute Gasteiger partial charge is 0.381 e. The van der Waals surface area contributed by atoms with Crippen molar-refractivity contribution in [2.45, 2.75) is 25.4 Å². The Balaban J connectivity index is 1.27. The summed E-state index contributed by atoms with van der Waals surface area (Å²) in [7, 11) is -2.96. The van der Waals surface area contributed by atoms with E-state index in [2.05, 4.69) is 26.2 Å². The Morgan fingerprint density at radius 2 is 1.88 bits per heavy atom. The minimum atomic E-state index is -2.96. The number of anilines is 1. The molecule has 4 fully saturated rings. The monoisotopic (exact) mass is 464 g/mol. The maximum Gasteiger partial charge on any atom is 0.225 e. The molecule has 1 atom stereocenters. The van der Waals surface area contributed by atoms with Gasteiger partial charge in [0.2, 0.25) is 5.91 Å². The van der Waals surface area contributed by atoms with Gasteiger partial charge in [-0.1, -0.05) is 0 Å². The fraction of sp³-hybridized carbons (Fsp3) is 0.727. The molecule has 0 aromatic carbocycles. The summed E-state index contributed by atoms with van der Waals surface area (Å²) in [6.45, 7) is 6.79. The summed E-state index contributed by atoms with van der Waals surface area (Å²) in [4.78, 5) is 22.4. The van der Waals surface area contributed by atoms with E-state index in [0.717, 1.165) is 58.1 Å². The van der Waals surface area contributed by atoms with Crippen molar-refractivity contribution in [1.82, 2.24) is 15.2 Å². The topological polar surface area (TPSA) is 101 Å². The third-order valence-corrected chi connectivity index (χ3v) is 9.15. The second kappa shape index (κ2) is 8.89. The van der Waals surface area contributed by atoms with Crippen molar-refractivity contribution in [3.8, 4) is 0 Å². The number of sulfone groups is 1. The molecular formula is C22H32N4O5S. The predicted molar refractivity (Wildman–Crippen MR) is 119 cm³/mol. The second-order valence-corrected chi connectivity index (χ2v) is 11.8. The Kier molecular flexibility index (Phi) is 6.13. The van der Waals surface area contributed by atoms with Crippen LogP contribution in [-0.2, 0) is 30.7 Å². The summed E-state index contributed by atoms with van der Waals surface area (Å²) in [5, 5.41) is 3.01. The molecule has 0 saturated carbocycles. The minimum absolute atomic E-state index is 0.00182. The Morgan fingerprint density at radius 3 is 2.59 bits per heavy atom. The summed E-state index contributed by atoms with van der Waals surface area (Å²) in [5.41, 5.74) is 1.08. The van der Waals surface area contributed by atoms with Crippen LogP contribution >= 0.6 is 0 Å². The normalized spacial score (nSPS) is 27.9. The van der Waals surface area contributed by atoms with Crippen LogP contribution in [0.25, 0.3) is 0 Å². The van der Waals surface area contributed by atoms with Crippen LogP contribution in [-0.4, -0.2) is 94.4 Å². The molecule has 1 aromatic heterocycles. The first-order chi connectivity index (χ1) is 15.4. The van der Waals surface area contributed by atoms with Gasteiger partial charge in [-0.05, 0) is 30.5 Å². The summed E-state index contributed by atoms with van der Waals surface area (Å²) < 4.78 is 34.1. The number of aromatic nitrogens is 1. The molecule has 32 heavy (non-hydrogen) atoms. The first-order valence-corrected chi connectivity index (χ1v) is 13.3. The fourth-order valence-corrected chi connectivity index (χ4v) is 6.86. The van der Waals surface area contributed by atoms with Gasteiger partial charge in [0.05, 0.1) is 36.7 Å². The fourth-order valence-electron chi connectivity index (χ4n) is 5.57. The molecule has 1 aromatic rings. The maximum atomic E-state index is 13.2. The number of morpholine rings is 1. The summed E-state index contributed by atoms with van der Waals surface area (Å²) >= 11 is 0. The van der Waals surface area contributed by atoms with E-state index in [0.29, 0.717) is 19.8 Å². The van der Waals surface area contributed by atoms with Crippen molar-refractivity contribution in [3.05, 3.63) is 23.9 Å². The van der Waals surface area contributed by atoms with E-state index in [9.17, 15) is 13.2 Å². The zero-order valence-electron chi connectivity index (χ0n) is 18.4. The standard InChI is InChI=1S/C22H32N4O5S/c27-21(24-18-14-32(28,29)15-18)19-13-25(16-22(19)2-7-30-8-3-22)12-17-1-4-23-20(11-17)26-5-9-31-10-6-26/h1,4,11,18-19H,2-3,5-10,12-16H2,(H,24,27)/t19-/m1/s1. The molecule has 0 bridgehead atoms. The zero-order valence-corrected chi connectivity index (χ0v) is 19.2. The van der Waals surface area contributed by atoms with Crippen LogP contribution < -0.4 is 10.2 Å². The van der Waals surface area contributed by atoms with Gasteiger partial charge in [-0.25, -0.2) is 13.4 Å². The van der Waals surface area contributed by atoms with Crippen LogP contribution in [0, 0.1) is 11.3 Å². The molecule has 1 spiro atoms. The molecular weight excluding hydrogens is 432 g/mol. The van der Waals surface area contributed by atoms with Crippen LogP contribution in [0.2, 0.25) is 0 Å². The molecule has 0 radical (unpaired) electrons. The maximum absolute atomic E-state index is 13.2. The van der Waals surface area contributed by atoms with Crippen LogP contribution in [0.15, 0.2) is 18.3 Å². The van der Waals surface area contributed by atoms with Crippen LogP contribution in [0.3, 0.4) is 0 Å². The number of nitrogens with one attached hydrogen (secondary N) is 1. The van der Waals surface area contributed by atoms with E-state index >= 15 is 0 Å². The average Bonchev–Trinajstić information content (AvgIpc) is 3.10. The van der Waals surface area contributed by atoms with Gasteiger partial charge in [0, 0.05) is 57.5 Å². The molecule has 5 heterocycles. The average molecular weight is 465 g/mol. The molecule has 1 N–H and O–H groups in total. The van der Waals surface area contributed by atoms with Gasteiger partial charge >= 0.3 is 0 Å². The van der Waals surface area contributed by atoms with Crippen LogP contribution in [0.1, 0.15) is 18.4 Å². The van der Waals surface area contributed by atoms with E-state index in [4.69, 9.17) is 9.47 Å². The molecule has 0 unspecified atom stereocenters. The van der Waals surface area contributed by atoms with E-state index in [1.165, 1.54) is 5.56 Å². The SMILES string of the molecule is O=C(NC1CS(=O)(=O)C1)[C@H]1CN(Cc2ccnc(N3CCOCC3)c2)CC12CCOCC2. The van der Waals surface area contributed by atoms with Crippen molar-refractivity contribution < 1.29 is 22.7 Å². The lowest BCUT2D eigenvalue weighted by Gasteiger charge is -2.38. The van der Waals surface area contributed by atoms with Crippen molar-refractivity contribution in [2.75, 3.05) is 69.0 Å². The highest BCUT2D eigenvalue weighted by molar-refractivity contribution is 7.92. The lowest BCUT2D eigenvalue weighted by atomic mass is 9.71. The lowest BCUT2D eigenvalue weighted by Crippen LogP contribution is -2.56. The first-order valence-electron chi connectivity index (χ1n) is 11.5. The van der Waals surface area contributed by atoms with Gasteiger partial charge in [-0.15, -0.1) is 0 Å². The molecule has 5 rings (SSSR count).